The van der Waals surface area contributed by atoms with Gasteiger partial charge in [-0.05, 0) is 19.1 Å². The third kappa shape index (κ3) is 2.49. The highest BCUT2D eigenvalue weighted by atomic mass is 16.5. The summed E-state index contributed by atoms with van der Waals surface area (Å²) in [6, 6.07) is 7.79. The second kappa shape index (κ2) is 5.54. The predicted molar refractivity (Wildman–Crippen MR) is 75.8 cm³/mol. The molecule has 1 fully saturated rings. The van der Waals surface area contributed by atoms with Gasteiger partial charge in [-0.3, -0.25) is 4.79 Å². The monoisotopic (exact) mass is 274 g/mol. The summed E-state index contributed by atoms with van der Waals surface area (Å²) >= 11 is 0. The van der Waals surface area contributed by atoms with Gasteiger partial charge in [0.05, 0.1) is 18.7 Å². The highest BCUT2D eigenvalue weighted by molar-refractivity contribution is 5.86. The maximum absolute atomic E-state index is 12.3. The number of aromatic nitrogens is 1. The van der Waals surface area contributed by atoms with Crippen molar-refractivity contribution in [3.8, 4) is 5.75 Å². The Kier molecular flexibility index (Phi) is 3.60. The lowest BCUT2D eigenvalue weighted by Crippen LogP contribution is -2.46. The molecular formula is C15H18N2O3. The van der Waals surface area contributed by atoms with Crippen molar-refractivity contribution in [3.05, 3.63) is 30.5 Å². The van der Waals surface area contributed by atoms with E-state index in [2.05, 4.69) is 4.98 Å². The normalized spacial score (nSPS) is 17.1. The highest BCUT2D eigenvalue weighted by Gasteiger charge is 2.24. The molecule has 1 atom stereocenters. The second-order valence-corrected chi connectivity index (χ2v) is 4.90. The lowest BCUT2D eigenvalue weighted by molar-refractivity contribution is -0.142. The zero-order valence-corrected chi connectivity index (χ0v) is 11.5. The number of hydrogen-bond acceptors (Lipinski definition) is 3. The number of H-pyrrole nitrogens is 1. The minimum atomic E-state index is -0.498. The van der Waals surface area contributed by atoms with Crippen molar-refractivity contribution in [2.45, 2.75) is 13.0 Å². The lowest BCUT2D eigenvalue weighted by Gasteiger charge is -2.29. The van der Waals surface area contributed by atoms with E-state index in [1.807, 2.05) is 30.5 Å². The number of nitrogens with zero attached hydrogens (tertiary/aromatic N) is 1. The maximum Gasteiger partial charge on any atom is 0.263 e. The molecule has 2 heterocycles. The predicted octanol–water partition coefficient (Wildman–Crippen LogP) is 1.79. The van der Waals surface area contributed by atoms with Gasteiger partial charge in [0, 0.05) is 24.7 Å². The van der Waals surface area contributed by atoms with Crippen molar-refractivity contribution in [2.24, 2.45) is 0 Å². The number of carbonyl (C=O) groups is 1. The van der Waals surface area contributed by atoms with Gasteiger partial charge < -0.3 is 19.4 Å². The van der Waals surface area contributed by atoms with Crippen molar-refractivity contribution in [2.75, 3.05) is 26.3 Å². The smallest absolute Gasteiger partial charge is 0.263 e. The van der Waals surface area contributed by atoms with Crippen LogP contribution in [0, 0.1) is 0 Å². The minimum Gasteiger partial charge on any atom is -0.479 e. The zero-order chi connectivity index (χ0) is 13.9. The fraction of sp³-hybridized carbons (Fsp3) is 0.400. The van der Waals surface area contributed by atoms with Crippen LogP contribution in [0.5, 0.6) is 5.75 Å². The van der Waals surface area contributed by atoms with Crippen LogP contribution in [0.1, 0.15) is 6.92 Å². The van der Waals surface area contributed by atoms with Gasteiger partial charge in [0.2, 0.25) is 0 Å². The fourth-order valence-corrected chi connectivity index (χ4v) is 2.44. The molecule has 20 heavy (non-hydrogen) atoms. The molecule has 1 aromatic carbocycles. The summed E-state index contributed by atoms with van der Waals surface area (Å²) in [6.45, 7) is 4.27. The summed E-state index contributed by atoms with van der Waals surface area (Å²) in [5.41, 5.74) is 0.925. The zero-order valence-electron chi connectivity index (χ0n) is 11.5. The molecule has 1 aromatic heterocycles. The van der Waals surface area contributed by atoms with Gasteiger partial charge >= 0.3 is 0 Å². The number of aromatic amines is 1. The number of fused-ring (bicyclic) bond motifs is 1. The van der Waals surface area contributed by atoms with E-state index in [0.29, 0.717) is 32.1 Å². The molecule has 5 heteroatoms. The Labute approximate surface area is 117 Å². The van der Waals surface area contributed by atoms with Gasteiger partial charge in [0.25, 0.3) is 5.91 Å². The van der Waals surface area contributed by atoms with Crippen LogP contribution in [0.25, 0.3) is 10.9 Å². The van der Waals surface area contributed by atoms with Crippen LogP contribution in [0.2, 0.25) is 0 Å². The minimum absolute atomic E-state index is 0.0110. The van der Waals surface area contributed by atoms with Crippen LogP contribution in [0.3, 0.4) is 0 Å². The van der Waals surface area contributed by atoms with Gasteiger partial charge in [0.15, 0.2) is 6.10 Å². The van der Waals surface area contributed by atoms with E-state index in [9.17, 15) is 4.79 Å². The van der Waals surface area contributed by atoms with Gasteiger partial charge in [-0.2, -0.15) is 0 Å². The Hall–Kier alpha value is -2.01. The average molecular weight is 274 g/mol. The maximum atomic E-state index is 12.3. The Morgan fingerprint density at radius 3 is 2.95 bits per heavy atom. The largest absolute Gasteiger partial charge is 0.479 e. The van der Waals surface area contributed by atoms with Crippen LogP contribution in [0.15, 0.2) is 30.5 Å². The Morgan fingerprint density at radius 2 is 2.15 bits per heavy atom. The quantitative estimate of drug-likeness (QED) is 0.928. The van der Waals surface area contributed by atoms with Gasteiger partial charge in [-0.1, -0.05) is 12.1 Å². The first kappa shape index (κ1) is 13.0. The number of benzene rings is 1. The van der Waals surface area contributed by atoms with Crippen molar-refractivity contribution in [1.29, 1.82) is 0 Å². The molecule has 1 N–H and O–H groups in total. The van der Waals surface area contributed by atoms with E-state index in [-0.39, 0.29) is 5.91 Å². The molecule has 1 amide bonds. The van der Waals surface area contributed by atoms with Gasteiger partial charge in [-0.15, -0.1) is 0 Å². The summed E-state index contributed by atoms with van der Waals surface area (Å²) in [4.78, 5) is 17.2. The van der Waals surface area contributed by atoms with Crippen molar-refractivity contribution < 1.29 is 14.3 Å². The van der Waals surface area contributed by atoms with E-state index in [0.717, 1.165) is 10.9 Å². The second-order valence-electron chi connectivity index (χ2n) is 4.90. The molecule has 0 spiro atoms. The first-order valence-electron chi connectivity index (χ1n) is 6.85. The molecule has 1 aliphatic rings. The van der Waals surface area contributed by atoms with Crippen LogP contribution in [0.4, 0.5) is 0 Å². The number of carbonyl (C=O) groups excluding carboxylic acids is 1. The van der Waals surface area contributed by atoms with E-state index in [1.165, 1.54) is 0 Å². The summed E-state index contributed by atoms with van der Waals surface area (Å²) in [5.74, 6) is 0.721. The topological polar surface area (TPSA) is 54.6 Å². The van der Waals surface area contributed by atoms with Crippen molar-refractivity contribution in [3.63, 3.8) is 0 Å². The highest BCUT2D eigenvalue weighted by Crippen LogP contribution is 2.25. The van der Waals surface area contributed by atoms with Gasteiger partial charge in [-0.25, -0.2) is 0 Å². The molecule has 1 saturated heterocycles. The average Bonchev–Trinajstić information content (AvgIpc) is 2.97. The molecular weight excluding hydrogens is 256 g/mol. The third-order valence-corrected chi connectivity index (χ3v) is 3.52. The molecule has 0 saturated carbocycles. The summed E-state index contributed by atoms with van der Waals surface area (Å²) in [7, 11) is 0. The Morgan fingerprint density at radius 1 is 1.35 bits per heavy atom. The number of rotatable bonds is 3. The summed E-state index contributed by atoms with van der Waals surface area (Å²) in [6.07, 6.45) is 1.37. The number of morpholine rings is 1. The summed E-state index contributed by atoms with van der Waals surface area (Å²) in [5, 5.41) is 1.08. The molecule has 0 unspecified atom stereocenters. The van der Waals surface area contributed by atoms with Gasteiger partial charge in [0.1, 0.15) is 5.75 Å². The first-order chi connectivity index (χ1) is 9.75. The van der Waals surface area contributed by atoms with Crippen LogP contribution in [-0.2, 0) is 9.53 Å². The van der Waals surface area contributed by atoms with E-state index in [1.54, 1.807) is 11.8 Å². The number of para-hydroxylation sites is 1. The molecule has 0 aliphatic carbocycles. The van der Waals surface area contributed by atoms with Crippen LogP contribution in [-0.4, -0.2) is 48.2 Å². The molecule has 106 valence electrons. The van der Waals surface area contributed by atoms with E-state index in [4.69, 9.17) is 9.47 Å². The lowest BCUT2D eigenvalue weighted by atomic mass is 10.2. The SMILES string of the molecule is C[C@@H](Oc1cccc2cc[nH]c12)C(=O)N1CCOCC1. The molecule has 2 aromatic rings. The fourth-order valence-electron chi connectivity index (χ4n) is 2.44. The number of amides is 1. The van der Waals surface area contributed by atoms with E-state index < -0.39 is 6.10 Å². The molecule has 3 rings (SSSR count). The molecule has 5 nitrogen and oxygen atoms in total. The molecule has 1 aliphatic heterocycles. The third-order valence-electron chi connectivity index (χ3n) is 3.52. The Bertz CT molecular complexity index is 602. The number of ether oxygens (including phenoxy) is 2. The summed E-state index contributed by atoms with van der Waals surface area (Å²) < 4.78 is 11.1. The first-order valence-corrected chi connectivity index (χ1v) is 6.85. The van der Waals surface area contributed by atoms with Crippen molar-refractivity contribution in [1.82, 2.24) is 9.88 Å². The molecule has 0 radical (unpaired) electrons. The number of hydrogen-bond donors (Lipinski definition) is 1. The standard InChI is InChI=1S/C15H18N2O3/c1-11(15(18)17-7-9-19-10-8-17)20-13-4-2-3-12-5-6-16-14(12)13/h2-6,11,16H,7-10H2,1H3/t11-/m1/s1. The van der Waals surface area contributed by atoms with Crippen molar-refractivity contribution >= 4 is 16.8 Å². The van der Waals surface area contributed by atoms with Crippen LogP contribution < -0.4 is 4.74 Å². The van der Waals surface area contributed by atoms with Crippen LogP contribution >= 0.6 is 0 Å². The molecule has 0 bridgehead atoms. The number of nitrogens with one attached hydrogen (secondary N) is 1. The van der Waals surface area contributed by atoms with E-state index >= 15 is 0 Å². The Balaban J connectivity index is 1.73.